The van der Waals surface area contributed by atoms with Crippen LogP contribution < -0.4 is 17.0 Å². The van der Waals surface area contributed by atoms with E-state index in [9.17, 15) is 9.59 Å². The zero-order valence-electron chi connectivity index (χ0n) is 16.3. The third-order valence-corrected chi connectivity index (χ3v) is 5.81. The number of anilines is 1. The highest BCUT2D eigenvalue weighted by Crippen LogP contribution is 2.32. The van der Waals surface area contributed by atoms with Gasteiger partial charge in [0, 0.05) is 18.2 Å². The van der Waals surface area contributed by atoms with E-state index in [2.05, 4.69) is 21.9 Å². The fraction of sp³-hybridized carbons (Fsp3) is 0.476. The van der Waals surface area contributed by atoms with Gasteiger partial charge in [0.15, 0.2) is 5.65 Å². The molecule has 0 bridgehead atoms. The van der Waals surface area contributed by atoms with Crippen molar-refractivity contribution in [1.29, 1.82) is 0 Å². The van der Waals surface area contributed by atoms with Crippen LogP contribution in [0.5, 0.6) is 0 Å². The SMILES string of the molecule is CCCc1c(N)cccc1CCn1c(=O)[nH]c2nc(C3CCCC3)[nH]c2c1=O. The summed E-state index contributed by atoms with van der Waals surface area (Å²) >= 11 is 0. The molecule has 0 spiro atoms. The lowest BCUT2D eigenvalue weighted by Crippen LogP contribution is -2.35. The fourth-order valence-corrected chi connectivity index (χ4v) is 4.30. The number of nitrogens with one attached hydrogen (secondary N) is 2. The first-order chi connectivity index (χ1) is 13.6. The van der Waals surface area contributed by atoms with Crippen molar-refractivity contribution in [2.24, 2.45) is 0 Å². The molecule has 1 saturated carbocycles. The molecule has 7 heteroatoms. The first kappa shape index (κ1) is 18.5. The lowest BCUT2D eigenvalue weighted by atomic mass is 9.99. The molecule has 1 aliphatic rings. The largest absolute Gasteiger partial charge is 0.398 e. The summed E-state index contributed by atoms with van der Waals surface area (Å²) in [5, 5.41) is 0. The van der Waals surface area contributed by atoms with Crippen molar-refractivity contribution >= 4 is 16.9 Å². The maximum atomic E-state index is 12.9. The summed E-state index contributed by atoms with van der Waals surface area (Å²) in [7, 11) is 0. The van der Waals surface area contributed by atoms with Crippen molar-refractivity contribution in [1.82, 2.24) is 19.5 Å². The Hall–Kier alpha value is -2.83. The molecule has 4 rings (SSSR count). The minimum Gasteiger partial charge on any atom is -0.398 e. The monoisotopic (exact) mass is 381 g/mol. The number of nitrogens with zero attached hydrogens (tertiary/aromatic N) is 2. The smallest absolute Gasteiger partial charge is 0.330 e. The Kier molecular flexibility index (Phi) is 5.07. The summed E-state index contributed by atoms with van der Waals surface area (Å²) in [5.41, 5.74) is 9.13. The zero-order valence-corrected chi connectivity index (χ0v) is 16.3. The molecule has 0 saturated heterocycles. The molecule has 0 atom stereocenters. The molecule has 0 unspecified atom stereocenters. The number of aryl methyl sites for hydroxylation is 1. The summed E-state index contributed by atoms with van der Waals surface area (Å²) in [4.78, 5) is 35.9. The van der Waals surface area contributed by atoms with Crippen LogP contribution in [0.15, 0.2) is 27.8 Å². The number of imidazole rings is 1. The van der Waals surface area contributed by atoms with Crippen LogP contribution in [0.3, 0.4) is 0 Å². The number of fused-ring (bicyclic) bond motifs is 1. The number of rotatable bonds is 6. The molecule has 1 aromatic carbocycles. The third kappa shape index (κ3) is 3.37. The Labute approximate surface area is 163 Å². The number of benzene rings is 1. The molecule has 1 aliphatic carbocycles. The van der Waals surface area contributed by atoms with E-state index in [1.54, 1.807) is 0 Å². The molecule has 4 N–H and O–H groups in total. The van der Waals surface area contributed by atoms with Crippen molar-refractivity contribution in [2.45, 2.75) is 64.3 Å². The Morgan fingerprint density at radius 1 is 1.18 bits per heavy atom. The van der Waals surface area contributed by atoms with Crippen molar-refractivity contribution in [3.63, 3.8) is 0 Å². The molecule has 148 valence electrons. The second-order valence-corrected chi connectivity index (χ2v) is 7.70. The predicted molar refractivity (Wildman–Crippen MR) is 111 cm³/mol. The van der Waals surface area contributed by atoms with Crippen LogP contribution in [-0.2, 0) is 19.4 Å². The van der Waals surface area contributed by atoms with Gasteiger partial charge in [0.25, 0.3) is 5.56 Å². The first-order valence-corrected chi connectivity index (χ1v) is 10.2. The van der Waals surface area contributed by atoms with Crippen LogP contribution >= 0.6 is 0 Å². The van der Waals surface area contributed by atoms with Gasteiger partial charge < -0.3 is 10.7 Å². The summed E-state index contributed by atoms with van der Waals surface area (Å²) in [6, 6.07) is 5.84. The van der Waals surface area contributed by atoms with E-state index in [-0.39, 0.29) is 5.56 Å². The number of H-pyrrole nitrogens is 2. The molecular weight excluding hydrogens is 354 g/mol. The minimum atomic E-state index is -0.414. The van der Waals surface area contributed by atoms with Crippen LogP contribution in [0, 0.1) is 0 Å². The lowest BCUT2D eigenvalue weighted by molar-refractivity contribution is 0.632. The molecular formula is C21H27N5O2. The van der Waals surface area contributed by atoms with Crippen molar-refractivity contribution < 1.29 is 0 Å². The summed E-state index contributed by atoms with van der Waals surface area (Å²) in [6.07, 6.45) is 6.98. The van der Waals surface area contributed by atoms with Crippen molar-refractivity contribution in [3.05, 3.63) is 56.0 Å². The van der Waals surface area contributed by atoms with Crippen molar-refractivity contribution in [3.8, 4) is 0 Å². The molecule has 2 aromatic heterocycles. The van der Waals surface area contributed by atoms with E-state index >= 15 is 0 Å². The minimum absolute atomic E-state index is 0.308. The van der Waals surface area contributed by atoms with E-state index in [0.717, 1.165) is 48.3 Å². The van der Waals surface area contributed by atoms with Crippen molar-refractivity contribution in [2.75, 3.05) is 5.73 Å². The maximum Gasteiger partial charge on any atom is 0.330 e. The van der Waals surface area contributed by atoms with Gasteiger partial charge in [-0.25, -0.2) is 9.78 Å². The second-order valence-electron chi connectivity index (χ2n) is 7.70. The average molecular weight is 381 g/mol. The predicted octanol–water partition coefficient (Wildman–Crippen LogP) is 2.85. The first-order valence-electron chi connectivity index (χ1n) is 10.2. The highest BCUT2D eigenvalue weighted by atomic mass is 16.2. The normalized spacial score (nSPS) is 14.9. The van der Waals surface area contributed by atoms with Gasteiger partial charge in [-0.3, -0.25) is 14.3 Å². The molecule has 0 amide bonds. The van der Waals surface area contributed by atoms with Crippen LogP contribution in [0.1, 0.15) is 61.9 Å². The van der Waals surface area contributed by atoms with Gasteiger partial charge >= 0.3 is 5.69 Å². The summed E-state index contributed by atoms with van der Waals surface area (Å²) in [5.74, 6) is 1.17. The van der Waals surface area contributed by atoms with E-state index < -0.39 is 5.69 Å². The number of hydrogen-bond acceptors (Lipinski definition) is 4. The zero-order chi connectivity index (χ0) is 19.7. The number of aromatic nitrogens is 4. The van der Waals surface area contributed by atoms with Gasteiger partial charge in [0.05, 0.1) is 0 Å². The summed E-state index contributed by atoms with van der Waals surface area (Å²) < 4.78 is 1.26. The second kappa shape index (κ2) is 7.66. The maximum absolute atomic E-state index is 12.9. The van der Waals surface area contributed by atoms with Gasteiger partial charge in [-0.15, -0.1) is 0 Å². The lowest BCUT2D eigenvalue weighted by Gasteiger charge is -2.12. The Morgan fingerprint density at radius 2 is 1.96 bits per heavy atom. The third-order valence-electron chi connectivity index (χ3n) is 5.81. The Balaban J connectivity index is 1.65. The molecule has 0 aliphatic heterocycles. The summed E-state index contributed by atoms with van der Waals surface area (Å²) in [6.45, 7) is 2.42. The molecule has 7 nitrogen and oxygen atoms in total. The van der Waals surface area contributed by atoms with Gasteiger partial charge in [-0.1, -0.05) is 38.3 Å². The quantitative estimate of drug-likeness (QED) is 0.570. The molecule has 3 aromatic rings. The highest BCUT2D eigenvalue weighted by Gasteiger charge is 2.22. The van der Waals surface area contributed by atoms with Crippen LogP contribution in [0.2, 0.25) is 0 Å². The van der Waals surface area contributed by atoms with E-state index in [1.807, 2.05) is 18.2 Å². The number of nitrogen functional groups attached to an aromatic ring is 1. The number of aromatic amines is 2. The van der Waals surface area contributed by atoms with Crippen LogP contribution in [-0.4, -0.2) is 19.5 Å². The average Bonchev–Trinajstić information content (AvgIpc) is 3.33. The molecule has 0 radical (unpaired) electrons. The number of hydrogen-bond donors (Lipinski definition) is 3. The van der Waals surface area contributed by atoms with Gasteiger partial charge in [-0.2, -0.15) is 0 Å². The Morgan fingerprint density at radius 3 is 2.71 bits per heavy atom. The van der Waals surface area contributed by atoms with E-state index in [1.165, 1.54) is 17.4 Å². The number of nitrogens with two attached hydrogens (primary N) is 1. The van der Waals surface area contributed by atoms with Gasteiger partial charge in [0.2, 0.25) is 0 Å². The van der Waals surface area contributed by atoms with Gasteiger partial charge in [0.1, 0.15) is 11.3 Å². The van der Waals surface area contributed by atoms with E-state index in [4.69, 9.17) is 5.73 Å². The van der Waals surface area contributed by atoms with E-state index in [0.29, 0.717) is 30.0 Å². The molecule has 2 heterocycles. The molecule has 28 heavy (non-hydrogen) atoms. The topological polar surface area (TPSA) is 110 Å². The molecule has 1 fully saturated rings. The van der Waals surface area contributed by atoms with Crippen LogP contribution in [0.4, 0.5) is 5.69 Å². The fourth-order valence-electron chi connectivity index (χ4n) is 4.30. The van der Waals surface area contributed by atoms with Crippen LogP contribution in [0.25, 0.3) is 11.2 Å². The highest BCUT2D eigenvalue weighted by molar-refractivity contribution is 5.69. The standard InChI is InChI=1S/C21H27N5O2/c1-2-6-15-13(9-5-10-16(15)22)11-12-26-20(27)17-19(25-21(26)28)24-18(23-17)14-7-3-4-8-14/h5,9-10,14H,2-4,6-8,11-12,22H2,1H3,(H,23,24)(H,25,28). The Bertz CT molecular complexity index is 1100. The van der Waals surface area contributed by atoms with Gasteiger partial charge in [-0.05, 0) is 42.9 Å².